The molecule has 2 heterocycles. The predicted molar refractivity (Wildman–Crippen MR) is 214 cm³/mol. The summed E-state index contributed by atoms with van der Waals surface area (Å²) < 4.78 is 32.6. The topological polar surface area (TPSA) is 121 Å². The zero-order valence-electron chi connectivity index (χ0n) is 33.0. The Kier molecular flexibility index (Phi) is 14.4. The Hall–Kier alpha value is -5.27. The average Bonchev–Trinajstić information content (AvgIpc) is 3.17. The molecule has 2 N–H and O–H groups in total. The molecule has 0 radical (unpaired) electrons. The van der Waals surface area contributed by atoms with Gasteiger partial charge in [0.2, 0.25) is 11.9 Å². The molecule has 0 spiro atoms. The van der Waals surface area contributed by atoms with Gasteiger partial charge in [-0.2, -0.15) is 4.98 Å². The predicted octanol–water partition coefficient (Wildman–Crippen LogP) is 7.57. The van der Waals surface area contributed by atoms with Crippen molar-refractivity contribution in [3.05, 3.63) is 89.4 Å². The first-order valence-corrected chi connectivity index (χ1v) is 19.0. The number of nitrogens with one attached hydrogen (secondary N) is 2. The Labute approximate surface area is 324 Å². The Morgan fingerprint density at radius 2 is 1.67 bits per heavy atom. The third-order valence-electron chi connectivity index (χ3n) is 9.79. The Balaban J connectivity index is 1.29. The van der Waals surface area contributed by atoms with Gasteiger partial charge in [0.05, 0.1) is 12.8 Å². The summed E-state index contributed by atoms with van der Waals surface area (Å²) in [5, 5.41) is 6.03. The first-order chi connectivity index (χ1) is 26.4. The minimum absolute atomic E-state index is 0.0276. The van der Waals surface area contributed by atoms with Gasteiger partial charge < -0.3 is 24.8 Å². The van der Waals surface area contributed by atoms with Crippen LogP contribution < -0.4 is 29.7 Å². The lowest BCUT2D eigenvalue weighted by atomic mass is 10.1. The summed E-state index contributed by atoms with van der Waals surface area (Å²) in [6, 6.07) is 17.8. The van der Waals surface area contributed by atoms with Crippen molar-refractivity contribution in [3.8, 4) is 17.2 Å². The van der Waals surface area contributed by atoms with Crippen molar-refractivity contribution in [1.82, 2.24) is 25.1 Å². The van der Waals surface area contributed by atoms with E-state index in [1.54, 1.807) is 30.3 Å². The van der Waals surface area contributed by atoms with Gasteiger partial charge in [-0.3, -0.25) is 14.6 Å². The maximum Gasteiger partial charge on any atom is 0.425 e. The third kappa shape index (κ3) is 11.1. The summed E-state index contributed by atoms with van der Waals surface area (Å²) in [6.07, 6.45) is 2.45. The van der Waals surface area contributed by atoms with Crippen LogP contribution in [0, 0.1) is 19.7 Å². The van der Waals surface area contributed by atoms with Gasteiger partial charge in [0.1, 0.15) is 12.4 Å². The summed E-state index contributed by atoms with van der Waals surface area (Å²) in [6.45, 7) is 17.3. The molecule has 3 aromatic carbocycles. The molecule has 12 nitrogen and oxygen atoms in total. The van der Waals surface area contributed by atoms with Crippen LogP contribution in [0.2, 0.25) is 0 Å². The van der Waals surface area contributed by atoms with E-state index in [2.05, 4.69) is 44.2 Å². The van der Waals surface area contributed by atoms with Gasteiger partial charge >= 0.3 is 6.09 Å². The molecule has 1 saturated heterocycles. The van der Waals surface area contributed by atoms with E-state index >= 15 is 4.39 Å². The third-order valence-corrected chi connectivity index (χ3v) is 9.79. The lowest BCUT2D eigenvalue weighted by Crippen LogP contribution is -2.49. The van der Waals surface area contributed by atoms with Crippen LogP contribution in [0.25, 0.3) is 0 Å². The molecule has 1 aromatic heterocycles. The molecular weight excluding hydrogens is 702 g/mol. The van der Waals surface area contributed by atoms with Gasteiger partial charge in [-0.05, 0) is 88.4 Å². The Bertz CT molecular complexity index is 1900. The molecule has 4 aromatic rings. The van der Waals surface area contributed by atoms with Gasteiger partial charge in [0.15, 0.2) is 23.1 Å². The van der Waals surface area contributed by atoms with Gasteiger partial charge in [-0.25, -0.2) is 19.1 Å². The number of methoxy groups -OCH3 is 1. The summed E-state index contributed by atoms with van der Waals surface area (Å²) in [7, 11) is 1.50. The molecule has 13 heteroatoms. The van der Waals surface area contributed by atoms with E-state index in [0.717, 1.165) is 55.8 Å². The van der Waals surface area contributed by atoms with Crippen LogP contribution in [0.1, 0.15) is 57.2 Å². The van der Waals surface area contributed by atoms with Crippen LogP contribution in [0.15, 0.2) is 66.9 Å². The molecule has 1 aliphatic heterocycles. The smallest absolute Gasteiger partial charge is 0.425 e. The molecule has 0 bridgehead atoms. The number of nitrogens with zero attached hydrogens (tertiary/aromatic N) is 5. The molecule has 1 unspecified atom stereocenters. The monoisotopic (exact) mass is 755 g/mol. The molecular formula is C42H54FN7O5. The highest BCUT2D eigenvalue weighted by atomic mass is 19.1. The van der Waals surface area contributed by atoms with E-state index in [9.17, 15) is 9.59 Å². The van der Waals surface area contributed by atoms with Crippen molar-refractivity contribution in [2.45, 2.75) is 72.9 Å². The lowest BCUT2D eigenvalue weighted by molar-refractivity contribution is -0.121. The van der Waals surface area contributed by atoms with Crippen LogP contribution in [0.3, 0.4) is 0 Å². The van der Waals surface area contributed by atoms with E-state index in [-0.39, 0.29) is 35.2 Å². The van der Waals surface area contributed by atoms with Crippen LogP contribution in [0.5, 0.6) is 17.2 Å². The fourth-order valence-corrected chi connectivity index (χ4v) is 6.40. The highest BCUT2D eigenvalue weighted by Gasteiger charge is 2.27. The van der Waals surface area contributed by atoms with Gasteiger partial charge in [-0.1, -0.05) is 31.2 Å². The van der Waals surface area contributed by atoms with Crippen LogP contribution in [0.4, 0.5) is 32.3 Å². The number of para-hydroxylation sites is 1. The van der Waals surface area contributed by atoms with Crippen molar-refractivity contribution in [2.24, 2.45) is 0 Å². The first kappa shape index (κ1) is 40.9. The van der Waals surface area contributed by atoms with Crippen molar-refractivity contribution in [2.75, 3.05) is 56.7 Å². The summed E-state index contributed by atoms with van der Waals surface area (Å²) in [5.74, 6) is 0.558. The van der Waals surface area contributed by atoms with E-state index in [0.29, 0.717) is 42.6 Å². The van der Waals surface area contributed by atoms with Crippen LogP contribution in [-0.4, -0.2) is 90.3 Å². The molecule has 1 atom stereocenters. The quantitative estimate of drug-likeness (QED) is 0.118. The van der Waals surface area contributed by atoms with Gasteiger partial charge in [-0.15, -0.1) is 0 Å². The number of carbonyl (C=O) groups is 2. The zero-order valence-corrected chi connectivity index (χ0v) is 33.0. The second-order valence-electron chi connectivity index (χ2n) is 14.1. The van der Waals surface area contributed by atoms with Crippen molar-refractivity contribution < 1.29 is 28.2 Å². The number of hydrogen-bond acceptors (Lipinski definition) is 10. The minimum Gasteiger partial charge on any atom is -0.493 e. The fourth-order valence-electron chi connectivity index (χ4n) is 6.40. The number of carbonyl (C=O) groups excluding carboxylic acids is 2. The van der Waals surface area contributed by atoms with Crippen molar-refractivity contribution in [3.63, 3.8) is 0 Å². The number of ether oxygens (including phenoxy) is 3. The molecule has 1 fully saturated rings. The van der Waals surface area contributed by atoms with E-state index in [4.69, 9.17) is 14.2 Å². The molecule has 2 amide bonds. The fraction of sp³-hybridized carbons (Fsp3) is 0.429. The highest BCUT2D eigenvalue weighted by Crippen LogP contribution is 2.35. The average molecular weight is 756 g/mol. The van der Waals surface area contributed by atoms with Crippen LogP contribution >= 0.6 is 0 Å². The summed E-state index contributed by atoms with van der Waals surface area (Å²) >= 11 is 0. The Morgan fingerprint density at radius 1 is 0.945 bits per heavy atom. The zero-order chi connectivity index (χ0) is 39.5. The molecule has 55 heavy (non-hydrogen) atoms. The number of amides is 2. The normalized spacial score (nSPS) is 14.0. The maximum absolute atomic E-state index is 15.2. The minimum atomic E-state index is -0.727. The number of aryl methyl sites for hydroxylation is 3. The standard InChI is InChI=1S/C42H54FN7O5/c1-8-31(6)45-39(51)17-13-32-12-15-36(37(26-32)53-7)55-42(52)50(40-29(4)10-9-11-30(40)5)38-18-19-44-41(47-38)46-33-14-16-35(34(43)27-33)54-25-24-48-20-22-49(23-21-48)28(2)3/h9-12,14-16,18-19,26-28,31H,8,13,17,20-25H2,1-7H3,(H,45,51)(H,44,46,47). The second kappa shape index (κ2) is 19.4. The lowest BCUT2D eigenvalue weighted by Gasteiger charge is -2.36. The number of aromatic nitrogens is 2. The molecule has 294 valence electrons. The molecule has 0 saturated carbocycles. The largest absolute Gasteiger partial charge is 0.493 e. The number of piperazine rings is 1. The van der Waals surface area contributed by atoms with Gasteiger partial charge in [0, 0.05) is 75.2 Å². The van der Waals surface area contributed by atoms with E-state index in [1.165, 1.54) is 24.3 Å². The van der Waals surface area contributed by atoms with E-state index in [1.807, 2.05) is 52.0 Å². The summed E-state index contributed by atoms with van der Waals surface area (Å²) in [4.78, 5) is 41.7. The molecule has 5 rings (SSSR count). The second-order valence-corrected chi connectivity index (χ2v) is 14.1. The van der Waals surface area contributed by atoms with Crippen molar-refractivity contribution in [1.29, 1.82) is 0 Å². The number of halogens is 1. The summed E-state index contributed by atoms with van der Waals surface area (Å²) in [5.41, 5.74) is 3.50. The van der Waals surface area contributed by atoms with Crippen LogP contribution in [-0.2, 0) is 11.2 Å². The van der Waals surface area contributed by atoms with Gasteiger partial charge in [0.25, 0.3) is 0 Å². The number of anilines is 4. The number of benzene rings is 3. The number of hydrogen-bond donors (Lipinski definition) is 2. The maximum atomic E-state index is 15.2. The first-order valence-electron chi connectivity index (χ1n) is 19.0. The molecule has 1 aliphatic rings. The SMILES string of the molecule is CCC(C)NC(=O)CCc1ccc(OC(=O)N(c2ccnc(Nc3ccc(OCCN4CCN(C(C)C)CC4)c(F)c3)n2)c2c(C)cccc2C)c(OC)c1. The number of rotatable bonds is 16. The van der Waals surface area contributed by atoms with Crippen molar-refractivity contribution >= 4 is 35.1 Å². The van der Waals surface area contributed by atoms with E-state index < -0.39 is 11.9 Å². The highest BCUT2D eigenvalue weighted by molar-refractivity contribution is 5.98. The molecule has 0 aliphatic carbocycles. The Morgan fingerprint density at radius 3 is 2.35 bits per heavy atom.